The van der Waals surface area contributed by atoms with Crippen molar-refractivity contribution < 1.29 is 9.47 Å². The molecule has 0 saturated heterocycles. The molecular formula is C15H13Cl3N2O2. The Balaban J connectivity index is 2.26. The lowest BCUT2D eigenvalue weighted by atomic mass is 10.1. The number of hydrogen-bond donors (Lipinski definition) is 1. The van der Waals surface area contributed by atoms with Crippen molar-refractivity contribution in [2.45, 2.75) is 6.61 Å². The molecule has 0 aromatic heterocycles. The number of hydrogen-bond acceptors (Lipinski definition) is 4. The molecular weight excluding hydrogens is 347 g/mol. The van der Waals surface area contributed by atoms with Crippen LogP contribution in [-0.4, -0.2) is 13.3 Å². The molecule has 4 nitrogen and oxygen atoms in total. The fraction of sp³-hybridized carbons (Fsp3) is 0.133. The van der Waals surface area contributed by atoms with Crippen molar-refractivity contribution in [3.05, 3.63) is 56.5 Å². The minimum absolute atomic E-state index is 0.219. The van der Waals surface area contributed by atoms with E-state index in [4.69, 9.17) is 50.1 Å². The molecule has 0 fully saturated rings. The van der Waals surface area contributed by atoms with Crippen molar-refractivity contribution in [2.24, 2.45) is 10.9 Å². The number of methoxy groups -OCH3 is 1. The highest BCUT2D eigenvalue weighted by atomic mass is 35.5. The number of halogens is 3. The highest BCUT2D eigenvalue weighted by molar-refractivity contribution is 6.40. The average Bonchev–Trinajstić information content (AvgIpc) is 2.46. The second-order valence-corrected chi connectivity index (χ2v) is 5.59. The Bertz CT molecular complexity index is 682. The first-order valence-electron chi connectivity index (χ1n) is 6.22. The molecule has 22 heavy (non-hydrogen) atoms. The van der Waals surface area contributed by atoms with E-state index in [1.807, 2.05) is 12.1 Å². The van der Waals surface area contributed by atoms with Crippen molar-refractivity contribution in [3.8, 4) is 11.5 Å². The van der Waals surface area contributed by atoms with Gasteiger partial charge in [-0.3, -0.25) is 0 Å². The summed E-state index contributed by atoms with van der Waals surface area (Å²) in [5.41, 5.74) is 1.64. The van der Waals surface area contributed by atoms with Crippen LogP contribution in [0.2, 0.25) is 15.1 Å². The second kappa shape index (κ2) is 7.58. The van der Waals surface area contributed by atoms with Crippen LogP contribution in [0, 0.1) is 0 Å². The maximum Gasteiger partial charge on any atom is 0.157 e. The molecule has 0 aliphatic rings. The van der Waals surface area contributed by atoms with Gasteiger partial charge in [0.15, 0.2) is 5.75 Å². The van der Waals surface area contributed by atoms with Gasteiger partial charge < -0.3 is 15.3 Å². The highest BCUT2D eigenvalue weighted by Gasteiger charge is 2.11. The van der Waals surface area contributed by atoms with Gasteiger partial charge in [0.05, 0.1) is 23.4 Å². The van der Waals surface area contributed by atoms with Crippen molar-refractivity contribution in [2.75, 3.05) is 7.11 Å². The highest BCUT2D eigenvalue weighted by Crippen LogP contribution is 2.36. The minimum Gasteiger partial charge on any atom is -0.496 e. The molecule has 0 atom stereocenters. The normalized spacial score (nSPS) is 10.9. The van der Waals surface area contributed by atoms with Crippen LogP contribution in [0.1, 0.15) is 11.1 Å². The molecule has 7 heteroatoms. The molecule has 0 aliphatic carbocycles. The lowest BCUT2D eigenvalue weighted by Gasteiger charge is -2.13. The Morgan fingerprint density at radius 3 is 2.41 bits per heavy atom. The van der Waals surface area contributed by atoms with E-state index in [0.717, 1.165) is 11.1 Å². The first-order chi connectivity index (χ1) is 10.5. The number of nitrogens with zero attached hydrogens (tertiary/aromatic N) is 1. The summed E-state index contributed by atoms with van der Waals surface area (Å²) in [7, 11) is 1.58. The summed E-state index contributed by atoms with van der Waals surface area (Å²) in [5.74, 6) is 6.20. The third kappa shape index (κ3) is 3.97. The van der Waals surface area contributed by atoms with Gasteiger partial charge in [-0.1, -0.05) is 34.8 Å². The molecule has 2 aromatic rings. The van der Waals surface area contributed by atoms with Gasteiger partial charge in [-0.2, -0.15) is 5.10 Å². The van der Waals surface area contributed by atoms with Gasteiger partial charge in [0.2, 0.25) is 0 Å². The van der Waals surface area contributed by atoms with Crippen molar-refractivity contribution >= 4 is 41.0 Å². The molecule has 0 bridgehead atoms. The lowest BCUT2D eigenvalue weighted by molar-refractivity contribution is 0.297. The first kappa shape index (κ1) is 16.7. The zero-order chi connectivity index (χ0) is 16.1. The topological polar surface area (TPSA) is 56.8 Å². The van der Waals surface area contributed by atoms with E-state index in [-0.39, 0.29) is 6.61 Å². The van der Waals surface area contributed by atoms with Crippen LogP contribution in [0.25, 0.3) is 0 Å². The maximum absolute atomic E-state index is 6.09. The van der Waals surface area contributed by atoms with Crippen LogP contribution in [-0.2, 0) is 6.61 Å². The van der Waals surface area contributed by atoms with Gasteiger partial charge in [-0.25, -0.2) is 0 Å². The summed E-state index contributed by atoms with van der Waals surface area (Å²) in [5, 5.41) is 4.63. The van der Waals surface area contributed by atoms with E-state index in [1.54, 1.807) is 25.3 Å². The van der Waals surface area contributed by atoms with Gasteiger partial charge in [0.25, 0.3) is 0 Å². The summed E-state index contributed by atoms with van der Waals surface area (Å²) >= 11 is 18.1. The van der Waals surface area contributed by atoms with Crippen LogP contribution >= 0.6 is 34.8 Å². The number of ether oxygens (including phenoxy) is 2. The van der Waals surface area contributed by atoms with E-state index >= 15 is 0 Å². The Morgan fingerprint density at radius 2 is 1.82 bits per heavy atom. The molecule has 2 N–H and O–H groups in total. The van der Waals surface area contributed by atoms with E-state index in [2.05, 4.69) is 5.10 Å². The third-order valence-corrected chi connectivity index (χ3v) is 3.64. The maximum atomic E-state index is 6.09. The molecule has 0 heterocycles. The monoisotopic (exact) mass is 358 g/mol. The molecule has 0 unspecified atom stereocenters. The molecule has 0 amide bonds. The Kier molecular flexibility index (Phi) is 5.77. The van der Waals surface area contributed by atoms with Crippen molar-refractivity contribution in [3.63, 3.8) is 0 Å². The summed E-state index contributed by atoms with van der Waals surface area (Å²) in [6.45, 7) is 0.219. The van der Waals surface area contributed by atoms with E-state index in [0.29, 0.717) is 26.6 Å². The molecule has 0 spiro atoms. The quantitative estimate of drug-likeness (QED) is 0.485. The minimum atomic E-state index is 0.219. The van der Waals surface area contributed by atoms with Crippen LogP contribution in [0.15, 0.2) is 35.4 Å². The summed E-state index contributed by atoms with van der Waals surface area (Å²) in [6.07, 6.45) is 1.53. The Labute approximate surface area is 143 Å². The second-order valence-electron chi connectivity index (χ2n) is 4.34. The molecule has 0 aliphatic heterocycles. The molecule has 116 valence electrons. The predicted octanol–water partition coefficient (Wildman–Crippen LogP) is 4.53. The Morgan fingerprint density at radius 1 is 1.14 bits per heavy atom. The van der Waals surface area contributed by atoms with Crippen LogP contribution in [0.4, 0.5) is 0 Å². The van der Waals surface area contributed by atoms with Gasteiger partial charge in [0.1, 0.15) is 12.4 Å². The van der Waals surface area contributed by atoms with E-state index < -0.39 is 0 Å². The summed E-state index contributed by atoms with van der Waals surface area (Å²) < 4.78 is 11.0. The van der Waals surface area contributed by atoms with Crippen molar-refractivity contribution in [1.82, 2.24) is 0 Å². The van der Waals surface area contributed by atoms with Crippen molar-refractivity contribution in [1.29, 1.82) is 0 Å². The summed E-state index contributed by atoms with van der Waals surface area (Å²) in [6, 6.07) is 8.63. The third-order valence-electron chi connectivity index (χ3n) is 2.86. The van der Waals surface area contributed by atoms with Gasteiger partial charge >= 0.3 is 0 Å². The lowest BCUT2D eigenvalue weighted by Crippen LogP contribution is -2.01. The van der Waals surface area contributed by atoms with Crippen LogP contribution in [0.3, 0.4) is 0 Å². The molecule has 0 saturated carbocycles. The van der Waals surface area contributed by atoms with Gasteiger partial charge in [0, 0.05) is 10.6 Å². The fourth-order valence-electron chi connectivity index (χ4n) is 1.89. The SMILES string of the molecule is COc1ccc(C=NN)cc1COc1c(Cl)cc(Cl)cc1Cl. The Hall–Kier alpha value is -1.62. The smallest absolute Gasteiger partial charge is 0.157 e. The summed E-state index contributed by atoms with van der Waals surface area (Å²) in [4.78, 5) is 0. The standard InChI is InChI=1S/C15H13Cl3N2O2/c1-21-14-3-2-9(7-20-19)4-10(14)8-22-15-12(17)5-11(16)6-13(15)18/h2-7H,8,19H2,1H3. The molecule has 0 radical (unpaired) electrons. The number of benzene rings is 2. The first-order valence-corrected chi connectivity index (χ1v) is 7.36. The zero-order valence-electron chi connectivity index (χ0n) is 11.6. The van der Waals surface area contributed by atoms with Crippen LogP contribution < -0.4 is 15.3 Å². The van der Waals surface area contributed by atoms with E-state index in [1.165, 1.54) is 6.21 Å². The number of rotatable bonds is 5. The largest absolute Gasteiger partial charge is 0.496 e. The van der Waals surface area contributed by atoms with Crippen LogP contribution in [0.5, 0.6) is 11.5 Å². The number of hydrazone groups is 1. The zero-order valence-corrected chi connectivity index (χ0v) is 13.9. The number of nitrogens with two attached hydrogens (primary N) is 1. The van der Waals surface area contributed by atoms with Gasteiger partial charge in [-0.05, 0) is 35.9 Å². The average molecular weight is 360 g/mol. The van der Waals surface area contributed by atoms with E-state index in [9.17, 15) is 0 Å². The predicted molar refractivity (Wildman–Crippen MR) is 90.6 cm³/mol. The molecule has 2 rings (SSSR count). The molecule has 2 aromatic carbocycles. The fourth-order valence-corrected chi connectivity index (χ4v) is 2.82. The van der Waals surface area contributed by atoms with Gasteiger partial charge in [-0.15, -0.1) is 0 Å².